The van der Waals surface area contributed by atoms with Gasteiger partial charge in [0.05, 0.1) is 7.11 Å². The average molecular weight is 344 g/mol. The first-order valence-electron chi connectivity index (χ1n) is 8.55. The SMILES string of the molecule is CCNC(=NCc1nnc(C)n1C)NCCc1cc(C)ccc1OC. The van der Waals surface area contributed by atoms with Crippen LogP contribution in [0.3, 0.4) is 0 Å². The summed E-state index contributed by atoms with van der Waals surface area (Å²) in [6, 6.07) is 6.23. The minimum atomic E-state index is 0.487. The fourth-order valence-electron chi connectivity index (χ4n) is 2.50. The van der Waals surface area contributed by atoms with Gasteiger partial charge in [0.25, 0.3) is 0 Å². The van der Waals surface area contributed by atoms with Crippen LogP contribution in [0, 0.1) is 13.8 Å². The third kappa shape index (κ3) is 5.20. The molecule has 1 heterocycles. The highest BCUT2D eigenvalue weighted by Crippen LogP contribution is 2.19. The van der Waals surface area contributed by atoms with E-state index in [0.717, 1.165) is 42.9 Å². The van der Waals surface area contributed by atoms with Gasteiger partial charge in [-0.05, 0) is 38.8 Å². The highest BCUT2D eigenvalue weighted by Gasteiger charge is 2.06. The van der Waals surface area contributed by atoms with Crippen molar-refractivity contribution in [2.24, 2.45) is 12.0 Å². The maximum Gasteiger partial charge on any atom is 0.191 e. The molecular formula is C18H28N6O. The van der Waals surface area contributed by atoms with Crippen molar-refractivity contribution >= 4 is 5.96 Å². The van der Waals surface area contributed by atoms with Gasteiger partial charge in [0.2, 0.25) is 0 Å². The minimum Gasteiger partial charge on any atom is -0.496 e. The molecule has 1 aromatic carbocycles. The maximum absolute atomic E-state index is 5.43. The molecule has 0 saturated heterocycles. The first kappa shape index (κ1) is 18.8. The monoisotopic (exact) mass is 344 g/mol. The Morgan fingerprint density at radius 1 is 1.24 bits per heavy atom. The van der Waals surface area contributed by atoms with Gasteiger partial charge in [0.1, 0.15) is 18.1 Å². The highest BCUT2D eigenvalue weighted by atomic mass is 16.5. The highest BCUT2D eigenvalue weighted by molar-refractivity contribution is 5.79. The minimum absolute atomic E-state index is 0.487. The Labute approximate surface area is 149 Å². The summed E-state index contributed by atoms with van der Waals surface area (Å²) in [6.45, 7) is 8.12. The standard InChI is InChI=1S/C18H28N6O/c1-6-19-18(21-12-17-23-22-14(3)24(17)4)20-10-9-15-11-13(2)7-8-16(15)25-5/h7-8,11H,6,9-10,12H2,1-5H3,(H2,19,20,21). The Morgan fingerprint density at radius 2 is 2.04 bits per heavy atom. The topological polar surface area (TPSA) is 76.4 Å². The molecule has 0 bridgehead atoms. The summed E-state index contributed by atoms with van der Waals surface area (Å²) < 4.78 is 7.38. The van der Waals surface area contributed by atoms with Crippen molar-refractivity contribution in [1.82, 2.24) is 25.4 Å². The number of methoxy groups -OCH3 is 1. The summed E-state index contributed by atoms with van der Waals surface area (Å²) >= 11 is 0. The molecule has 0 amide bonds. The largest absolute Gasteiger partial charge is 0.496 e. The van der Waals surface area contributed by atoms with Crippen molar-refractivity contribution in [3.8, 4) is 5.75 Å². The zero-order valence-corrected chi connectivity index (χ0v) is 15.8. The fourth-order valence-corrected chi connectivity index (χ4v) is 2.50. The van der Waals surface area contributed by atoms with E-state index >= 15 is 0 Å². The molecule has 0 spiro atoms. The van der Waals surface area contributed by atoms with Crippen molar-refractivity contribution in [2.45, 2.75) is 33.7 Å². The Kier molecular flexibility index (Phi) is 6.80. The molecule has 0 radical (unpaired) electrons. The van der Waals surface area contributed by atoms with E-state index in [0.29, 0.717) is 6.54 Å². The number of rotatable bonds is 7. The summed E-state index contributed by atoms with van der Waals surface area (Å²) in [7, 11) is 3.65. The van der Waals surface area contributed by atoms with Gasteiger partial charge in [-0.25, -0.2) is 4.99 Å². The Balaban J connectivity index is 1.96. The van der Waals surface area contributed by atoms with Crippen LogP contribution in [0.25, 0.3) is 0 Å². The van der Waals surface area contributed by atoms with E-state index in [4.69, 9.17) is 4.74 Å². The predicted molar refractivity (Wildman–Crippen MR) is 100.0 cm³/mol. The molecule has 0 aliphatic rings. The molecular weight excluding hydrogens is 316 g/mol. The zero-order valence-electron chi connectivity index (χ0n) is 15.8. The van der Waals surface area contributed by atoms with Gasteiger partial charge in [0, 0.05) is 20.1 Å². The second kappa shape index (κ2) is 9.05. The molecule has 0 aliphatic carbocycles. The third-order valence-electron chi connectivity index (χ3n) is 4.03. The molecule has 2 rings (SSSR count). The number of guanidine groups is 1. The smallest absolute Gasteiger partial charge is 0.191 e. The number of aromatic nitrogens is 3. The van der Waals surface area contributed by atoms with E-state index in [-0.39, 0.29) is 0 Å². The van der Waals surface area contributed by atoms with E-state index in [9.17, 15) is 0 Å². The lowest BCUT2D eigenvalue weighted by Gasteiger charge is -2.13. The first-order chi connectivity index (χ1) is 12.0. The molecule has 7 nitrogen and oxygen atoms in total. The van der Waals surface area contributed by atoms with E-state index < -0.39 is 0 Å². The lowest BCUT2D eigenvalue weighted by Crippen LogP contribution is -2.38. The molecule has 1 aromatic heterocycles. The molecule has 7 heteroatoms. The van der Waals surface area contributed by atoms with Crippen molar-refractivity contribution in [3.05, 3.63) is 41.0 Å². The number of nitrogens with one attached hydrogen (secondary N) is 2. The van der Waals surface area contributed by atoms with Crippen LogP contribution in [0.4, 0.5) is 0 Å². The lowest BCUT2D eigenvalue weighted by molar-refractivity contribution is 0.409. The Morgan fingerprint density at radius 3 is 2.68 bits per heavy atom. The van der Waals surface area contributed by atoms with Crippen LogP contribution in [0.2, 0.25) is 0 Å². The molecule has 0 atom stereocenters. The van der Waals surface area contributed by atoms with Gasteiger partial charge in [0.15, 0.2) is 11.8 Å². The summed E-state index contributed by atoms with van der Waals surface area (Å²) in [6.07, 6.45) is 0.859. The summed E-state index contributed by atoms with van der Waals surface area (Å²) in [5, 5.41) is 14.8. The summed E-state index contributed by atoms with van der Waals surface area (Å²) in [5.74, 6) is 3.42. The number of benzene rings is 1. The molecule has 0 aliphatic heterocycles. The number of hydrogen-bond donors (Lipinski definition) is 2. The van der Waals surface area contributed by atoms with Crippen molar-refractivity contribution < 1.29 is 4.74 Å². The van der Waals surface area contributed by atoms with E-state index in [1.165, 1.54) is 11.1 Å². The maximum atomic E-state index is 5.43. The van der Waals surface area contributed by atoms with E-state index in [1.807, 2.05) is 31.5 Å². The number of ether oxygens (including phenoxy) is 1. The molecule has 2 N–H and O–H groups in total. The quantitative estimate of drug-likeness (QED) is 0.591. The van der Waals surface area contributed by atoms with Crippen molar-refractivity contribution in [3.63, 3.8) is 0 Å². The number of aryl methyl sites for hydroxylation is 2. The Hall–Kier alpha value is -2.57. The second-order valence-electron chi connectivity index (χ2n) is 5.91. The van der Waals surface area contributed by atoms with Crippen LogP contribution >= 0.6 is 0 Å². The summed E-state index contributed by atoms with van der Waals surface area (Å²) in [4.78, 5) is 4.59. The van der Waals surface area contributed by atoms with Gasteiger partial charge < -0.3 is 19.9 Å². The fraction of sp³-hybridized carbons (Fsp3) is 0.500. The van der Waals surface area contributed by atoms with Crippen LogP contribution in [0.1, 0.15) is 29.7 Å². The number of aliphatic imine (C=N–C) groups is 1. The van der Waals surface area contributed by atoms with Crippen LogP contribution in [0.5, 0.6) is 5.75 Å². The van der Waals surface area contributed by atoms with Crippen molar-refractivity contribution in [1.29, 1.82) is 0 Å². The van der Waals surface area contributed by atoms with Crippen LogP contribution in [-0.4, -0.2) is 40.9 Å². The van der Waals surface area contributed by atoms with Crippen LogP contribution < -0.4 is 15.4 Å². The van der Waals surface area contributed by atoms with Gasteiger partial charge >= 0.3 is 0 Å². The van der Waals surface area contributed by atoms with E-state index in [1.54, 1.807) is 7.11 Å². The van der Waals surface area contributed by atoms with Crippen molar-refractivity contribution in [2.75, 3.05) is 20.2 Å². The lowest BCUT2D eigenvalue weighted by atomic mass is 10.1. The summed E-state index contributed by atoms with van der Waals surface area (Å²) in [5.41, 5.74) is 2.42. The predicted octanol–water partition coefficient (Wildman–Crippen LogP) is 1.74. The first-order valence-corrected chi connectivity index (χ1v) is 8.55. The normalized spacial score (nSPS) is 11.5. The van der Waals surface area contributed by atoms with E-state index in [2.05, 4.69) is 44.9 Å². The Bertz CT molecular complexity index is 722. The molecule has 0 fully saturated rings. The molecule has 0 unspecified atom stereocenters. The molecule has 0 saturated carbocycles. The molecule has 25 heavy (non-hydrogen) atoms. The number of nitrogens with zero attached hydrogens (tertiary/aromatic N) is 4. The third-order valence-corrected chi connectivity index (χ3v) is 4.03. The number of hydrogen-bond acceptors (Lipinski definition) is 4. The van der Waals surface area contributed by atoms with Crippen LogP contribution in [-0.2, 0) is 20.0 Å². The second-order valence-corrected chi connectivity index (χ2v) is 5.91. The van der Waals surface area contributed by atoms with Gasteiger partial charge in [-0.15, -0.1) is 10.2 Å². The van der Waals surface area contributed by atoms with Crippen LogP contribution in [0.15, 0.2) is 23.2 Å². The molecule has 2 aromatic rings. The van der Waals surface area contributed by atoms with Gasteiger partial charge in [-0.2, -0.15) is 0 Å². The zero-order chi connectivity index (χ0) is 18.2. The molecule has 136 valence electrons. The average Bonchev–Trinajstić information content (AvgIpc) is 2.92. The van der Waals surface area contributed by atoms with Gasteiger partial charge in [-0.3, -0.25) is 0 Å². The van der Waals surface area contributed by atoms with Gasteiger partial charge in [-0.1, -0.05) is 17.7 Å².